The van der Waals surface area contributed by atoms with E-state index in [1.54, 1.807) is 24.3 Å². The molecule has 0 amide bonds. The fourth-order valence-electron chi connectivity index (χ4n) is 7.01. The van der Waals surface area contributed by atoms with Gasteiger partial charge in [0.1, 0.15) is 11.5 Å². The lowest BCUT2D eigenvalue weighted by Crippen LogP contribution is -2.55. The molecule has 0 aliphatic heterocycles. The lowest BCUT2D eigenvalue weighted by molar-refractivity contribution is -0.0504. The van der Waals surface area contributed by atoms with Gasteiger partial charge in [-0.3, -0.25) is 0 Å². The third-order valence-electron chi connectivity index (χ3n) is 7.97. The standard InChI is InChI=1S/C24H22F6O6S2/c25-23(26,27)37(31,32)35-19-5-1-17(2-6-19)21-10-15-9-16(11-21)13-22(12-15,14-21)18-3-7-20(8-4-18)36-38(33,34)24(28,29)30/h1-8,15-16H,9-14H2. The van der Waals surface area contributed by atoms with Crippen LogP contribution in [0.3, 0.4) is 0 Å². The Morgan fingerprint density at radius 2 is 0.921 bits per heavy atom. The second-order valence-corrected chi connectivity index (χ2v) is 13.6. The molecule has 2 aromatic carbocycles. The molecule has 0 saturated heterocycles. The predicted octanol–water partition coefficient (Wildman–Crippen LogP) is 5.93. The van der Waals surface area contributed by atoms with E-state index in [2.05, 4.69) is 8.37 Å². The van der Waals surface area contributed by atoms with Crippen molar-refractivity contribution in [1.82, 2.24) is 0 Å². The SMILES string of the molecule is O=S(=O)(Oc1ccc(C23CC4CC(C2)CC(c2ccc(OS(=O)(=O)C(F)(F)F)cc2)(C4)C3)cc1)C(F)(F)F. The molecule has 4 bridgehead atoms. The van der Waals surface area contributed by atoms with Gasteiger partial charge in [0.15, 0.2) is 0 Å². The number of halogens is 6. The minimum atomic E-state index is -5.79. The fraction of sp³-hybridized carbons (Fsp3) is 0.500. The van der Waals surface area contributed by atoms with E-state index in [4.69, 9.17) is 0 Å². The van der Waals surface area contributed by atoms with Gasteiger partial charge in [-0.05, 0) is 96.6 Å². The largest absolute Gasteiger partial charge is 0.534 e. The summed E-state index contributed by atoms with van der Waals surface area (Å²) >= 11 is 0. The lowest BCUT2D eigenvalue weighted by Gasteiger charge is -2.62. The van der Waals surface area contributed by atoms with Crippen LogP contribution >= 0.6 is 0 Å². The average Bonchev–Trinajstić information content (AvgIpc) is 2.77. The fourth-order valence-corrected chi connectivity index (χ4v) is 7.93. The molecule has 4 aliphatic carbocycles. The van der Waals surface area contributed by atoms with Crippen molar-refractivity contribution in [3.63, 3.8) is 0 Å². The molecule has 4 fully saturated rings. The molecule has 0 heterocycles. The summed E-state index contributed by atoms with van der Waals surface area (Å²) in [6.07, 6.45) is 5.07. The van der Waals surface area contributed by atoms with Crippen molar-refractivity contribution in [2.45, 2.75) is 60.4 Å². The van der Waals surface area contributed by atoms with Crippen LogP contribution in [0.15, 0.2) is 48.5 Å². The van der Waals surface area contributed by atoms with Crippen LogP contribution in [0.2, 0.25) is 0 Å². The Labute approximate surface area is 215 Å². The molecule has 38 heavy (non-hydrogen) atoms. The monoisotopic (exact) mass is 584 g/mol. The Balaban J connectivity index is 1.40. The zero-order valence-electron chi connectivity index (χ0n) is 19.5. The molecule has 0 atom stereocenters. The van der Waals surface area contributed by atoms with Gasteiger partial charge in [-0.25, -0.2) is 0 Å². The van der Waals surface area contributed by atoms with Crippen LogP contribution in [0.5, 0.6) is 11.5 Å². The van der Waals surface area contributed by atoms with Crippen LogP contribution in [0, 0.1) is 11.8 Å². The lowest BCUT2D eigenvalue weighted by atomic mass is 9.42. The summed E-state index contributed by atoms with van der Waals surface area (Å²) in [6, 6.07) is 11.2. The highest BCUT2D eigenvalue weighted by Gasteiger charge is 2.58. The number of rotatable bonds is 6. The zero-order chi connectivity index (χ0) is 27.8. The number of benzene rings is 2. The molecule has 6 rings (SSSR count). The van der Waals surface area contributed by atoms with E-state index in [1.165, 1.54) is 24.3 Å². The smallest absolute Gasteiger partial charge is 0.376 e. The molecule has 0 N–H and O–H groups in total. The second-order valence-electron chi connectivity index (χ2n) is 10.5. The first kappa shape index (κ1) is 27.1. The minimum absolute atomic E-state index is 0.319. The predicted molar refractivity (Wildman–Crippen MR) is 122 cm³/mol. The maximum absolute atomic E-state index is 12.7. The van der Waals surface area contributed by atoms with Crippen LogP contribution in [0.1, 0.15) is 49.7 Å². The number of hydrogen-bond donors (Lipinski definition) is 0. The average molecular weight is 585 g/mol. The minimum Gasteiger partial charge on any atom is -0.376 e. The van der Waals surface area contributed by atoms with E-state index in [-0.39, 0.29) is 10.8 Å². The Morgan fingerprint density at radius 3 is 1.21 bits per heavy atom. The van der Waals surface area contributed by atoms with Crippen molar-refractivity contribution in [1.29, 1.82) is 0 Å². The van der Waals surface area contributed by atoms with Crippen LogP contribution in [0.25, 0.3) is 0 Å². The van der Waals surface area contributed by atoms with Gasteiger partial charge in [0, 0.05) is 0 Å². The molecule has 6 nitrogen and oxygen atoms in total. The first-order valence-electron chi connectivity index (χ1n) is 11.7. The molecule has 14 heteroatoms. The van der Waals surface area contributed by atoms with Gasteiger partial charge < -0.3 is 8.37 Å². The molecule has 0 unspecified atom stereocenters. The van der Waals surface area contributed by atoms with Gasteiger partial charge in [-0.15, -0.1) is 0 Å². The van der Waals surface area contributed by atoms with Crippen LogP contribution < -0.4 is 8.37 Å². The highest BCUT2D eigenvalue weighted by Crippen LogP contribution is 2.66. The van der Waals surface area contributed by atoms with Crippen molar-refractivity contribution in [3.05, 3.63) is 59.7 Å². The summed E-state index contributed by atoms with van der Waals surface area (Å²) in [4.78, 5) is 0. The maximum atomic E-state index is 12.7. The third kappa shape index (κ3) is 4.63. The zero-order valence-corrected chi connectivity index (χ0v) is 21.2. The van der Waals surface area contributed by atoms with Crippen LogP contribution in [-0.4, -0.2) is 27.9 Å². The summed E-state index contributed by atoms with van der Waals surface area (Å²) in [7, 11) is -11.6. The Bertz CT molecular complexity index is 1310. The van der Waals surface area contributed by atoms with E-state index in [9.17, 15) is 43.2 Å². The van der Waals surface area contributed by atoms with Gasteiger partial charge in [0.25, 0.3) is 0 Å². The third-order valence-corrected chi connectivity index (χ3v) is 9.93. The highest BCUT2D eigenvalue weighted by molar-refractivity contribution is 7.88. The van der Waals surface area contributed by atoms with Gasteiger partial charge >= 0.3 is 31.3 Å². The van der Waals surface area contributed by atoms with Crippen molar-refractivity contribution < 1.29 is 51.5 Å². The van der Waals surface area contributed by atoms with E-state index in [0.29, 0.717) is 18.3 Å². The summed E-state index contributed by atoms with van der Waals surface area (Å²) in [6.45, 7) is 0. The van der Waals surface area contributed by atoms with E-state index in [1.807, 2.05) is 0 Å². The maximum Gasteiger partial charge on any atom is 0.534 e. The van der Waals surface area contributed by atoms with Crippen molar-refractivity contribution in [3.8, 4) is 11.5 Å². The van der Waals surface area contributed by atoms with Crippen LogP contribution in [0.4, 0.5) is 26.3 Å². The van der Waals surface area contributed by atoms with Crippen molar-refractivity contribution in [2.75, 3.05) is 0 Å². The molecular weight excluding hydrogens is 562 g/mol. The van der Waals surface area contributed by atoms with E-state index in [0.717, 1.165) is 43.2 Å². The Hall–Kier alpha value is -2.48. The second kappa shape index (κ2) is 8.51. The molecule has 0 aromatic heterocycles. The molecule has 4 aliphatic rings. The quantitative estimate of drug-likeness (QED) is 0.238. The number of alkyl halides is 6. The number of hydrogen-bond acceptors (Lipinski definition) is 6. The van der Waals surface area contributed by atoms with Crippen molar-refractivity contribution >= 4 is 20.2 Å². The Morgan fingerprint density at radius 1 is 0.605 bits per heavy atom. The molecule has 0 radical (unpaired) electrons. The van der Waals surface area contributed by atoms with Crippen LogP contribution in [-0.2, 0) is 31.1 Å². The molecule has 208 valence electrons. The molecule has 2 aromatic rings. The van der Waals surface area contributed by atoms with Gasteiger partial charge in [0.05, 0.1) is 0 Å². The summed E-state index contributed by atoms with van der Waals surface area (Å²) in [5.74, 6) is -0.205. The molecular formula is C24H22F6O6S2. The van der Waals surface area contributed by atoms with Gasteiger partial charge in [0.2, 0.25) is 0 Å². The molecule has 4 saturated carbocycles. The van der Waals surface area contributed by atoms with Gasteiger partial charge in [-0.1, -0.05) is 24.3 Å². The van der Waals surface area contributed by atoms with Crippen molar-refractivity contribution in [2.24, 2.45) is 11.8 Å². The normalized spacial score (nSPS) is 29.3. The highest BCUT2D eigenvalue weighted by atomic mass is 32.2. The van der Waals surface area contributed by atoms with E-state index < -0.39 is 42.8 Å². The first-order valence-corrected chi connectivity index (χ1v) is 14.5. The van der Waals surface area contributed by atoms with E-state index >= 15 is 0 Å². The van der Waals surface area contributed by atoms with Gasteiger partial charge in [-0.2, -0.15) is 43.2 Å². The molecule has 0 spiro atoms. The summed E-state index contributed by atoms with van der Waals surface area (Å²) in [5, 5.41) is 0. The summed E-state index contributed by atoms with van der Waals surface area (Å²) < 4.78 is 130. The summed E-state index contributed by atoms with van der Waals surface area (Å²) in [5.41, 5.74) is -10.0. The topological polar surface area (TPSA) is 86.7 Å². The Kier molecular flexibility index (Phi) is 6.07. The first-order chi connectivity index (χ1) is 17.4.